The molecule has 0 aliphatic rings. The molecule has 0 fully saturated rings. The Labute approximate surface area is 98.4 Å². The van der Waals surface area contributed by atoms with Crippen molar-refractivity contribution in [2.75, 3.05) is 5.32 Å². The molecule has 4 heteroatoms. The van der Waals surface area contributed by atoms with Crippen LogP contribution in [0.1, 0.15) is 16.8 Å². The standard InChI is InChI=1S/C12H11N3S/c1-8-5-10(6-13)3-4-11(8)15-12-14-9(2)7-16-12/h3-5,7H,1-2H3,(H,14,15). The van der Waals surface area contributed by atoms with Crippen LogP contribution in [0.25, 0.3) is 0 Å². The van der Waals surface area contributed by atoms with Gasteiger partial charge < -0.3 is 5.32 Å². The monoisotopic (exact) mass is 229 g/mol. The number of rotatable bonds is 2. The van der Waals surface area contributed by atoms with Gasteiger partial charge in [0.1, 0.15) is 0 Å². The van der Waals surface area contributed by atoms with E-state index in [4.69, 9.17) is 5.26 Å². The number of nitriles is 1. The van der Waals surface area contributed by atoms with Crippen molar-refractivity contribution < 1.29 is 0 Å². The van der Waals surface area contributed by atoms with Gasteiger partial charge in [-0.1, -0.05) is 0 Å². The first-order chi connectivity index (χ1) is 7.69. The van der Waals surface area contributed by atoms with Crippen molar-refractivity contribution in [3.63, 3.8) is 0 Å². The predicted octanol–water partition coefficient (Wildman–Crippen LogP) is 3.38. The Morgan fingerprint density at radius 2 is 2.19 bits per heavy atom. The van der Waals surface area contributed by atoms with Crippen LogP contribution in [-0.2, 0) is 0 Å². The number of hydrogen-bond acceptors (Lipinski definition) is 4. The van der Waals surface area contributed by atoms with Crippen LogP contribution in [0.3, 0.4) is 0 Å². The molecule has 0 aliphatic carbocycles. The van der Waals surface area contributed by atoms with Crippen molar-refractivity contribution >= 4 is 22.2 Å². The van der Waals surface area contributed by atoms with E-state index in [1.54, 1.807) is 17.4 Å². The van der Waals surface area contributed by atoms with E-state index >= 15 is 0 Å². The molecule has 0 radical (unpaired) electrons. The van der Waals surface area contributed by atoms with E-state index in [0.717, 1.165) is 22.1 Å². The zero-order valence-corrected chi connectivity index (χ0v) is 9.93. The molecule has 0 spiro atoms. The van der Waals surface area contributed by atoms with Crippen molar-refractivity contribution in [1.82, 2.24) is 4.98 Å². The van der Waals surface area contributed by atoms with Gasteiger partial charge in [-0.25, -0.2) is 4.98 Å². The van der Waals surface area contributed by atoms with E-state index < -0.39 is 0 Å². The van der Waals surface area contributed by atoms with Gasteiger partial charge in [-0.3, -0.25) is 0 Å². The summed E-state index contributed by atoms with van der Waals surface area (Å²) in [5, 5.41) is 14.9. The Kier molecular flexibility index (Phi) is 2.88. The molecular weight excluding hydrogens is 218 g/mol. The minimum atomic E-state index is 0.679. The van der Waals surface area contributed by atoms with E-state index in [0.29, 0.717) is 5.56 Å². The number of aromatic nitrogens is 1. The normalized spacial score (nSPS) is 9.81. The average Bonchev–Trinajstić information content (AvgIpc) is 2.67. The largest absolute Gasteiger partial charge is 0.331 e. The SMILES string of the molecule is Cc1csc(Nc2ccc(C#N)cc2C)n1. The first-order valence-electron chi connectivity index (χ1n) is 4.89. The molecule has 2 aromatic rings. The van der Waals surface area contributed by atoms with E-state index in [2.05, 4.69) is 16.4 Å². The van der Waals surface area contributed by atoms with Gasteiger partial charge in [0.05, 0.1) is 17.3 Å². The van der Waals surface area contributed by atoms with Crippen molar-refractivity contribution in [2.45, 2.75) is 13.8 Å². The Morgan fingerprint density at radius 1 is 1.38 bits per heavy atom. The fourth-order valence-corrected chi connectivity index (χ4v) is 2.10. The first kappa shape index (κ1) is 10.7. The van der Waals surface area contributed by atoms with E-state index in [9.17, 15) is 0 Å². The van der Waals surface area contributed by atoms with Crippen LogP contribution >= 0.6 is 11.3 Å². The van der Waals surface area contributed by atoms with Gasteiger partial charge in [-0.15, -0.1) is 11.3 Å². The van der Waals surface area contributed by atoms with Crippen LogP contribution in [0.5, 0.6) is 0 Å². The lowest BCUT2D eigenvalue weighted by molar-refractivity contribution is 1.26. The third-order valence-electron chi connectivity index (χ3n) is 2.22. The lowest BCUT2D eigenvalue weighted by Crippen LogP contribution is -1.93. The summed E-state index contributed by atoms with van der Waals surface area (Å²) in [4.78, 5) is 4.33. The van der Waals surface area contributed by atoms with E-state index in [1.165, 1.54) is 0 Å². The maximum Gasteiger partial charge on any atom is 0.187 e. The summed E-state index contributed by atoms with van der Waals surface area (Å²) in [6, 6.07) is 7.69. The molecular formula is C12H11N3S. The highest BCUT2D eigenvalue weighted by Crippen LogP contribution is 2.23. The number of aryl methyl sites for hydroxylation is 2. The predicted molar refractivity (Wildman–Crippen MR) is 66.0 cm³/mol. The van der Waals surface area contributed by atoms with Crippen molar-refractivity contribution in [3.05, 3.63) is 40.4 Å². The van der Waals surface area contributed by atoms with Crippen LogP contribution in [0, 0.1) is 25.2 Å². The van der Waals surface area contributed by atoms with Gasteiger partial charge in [-0.05, 0) is 37.6 Å². The van der Waals surface area contributed by atoms with Gasteiger partial charge in [0, 0.05) is 11.1 Å². The molecule has 0 saturated carbocycles. The smallest absolute Gasteiger partial charge is 0.187 e. The maximum absolute atomic E-state index is 8.77. The Bertz CT molecular complexity index is 552. The molecule has 3 nitrogen and oxygen atoms in total. The van der Waals surface area contributed by atoms with E-state index in [1.807, 2.05) is 31.4 Å². The second kappa shape index (κ2) is 4.33. The zero-order chi connectivity index (χ0) is 11.5. The molecule has 1 heterocycles. The van der Waals surface area contributed by atoms with Crippen LogP contribution in [0.2, 0.25) is 0 Å². The Balaban J connectivity index is 2.26. The number of nitrogens with one attached hydrogen (secondary N) is 1. The molecule has 0 saturated heterocycles. The van der Waals surface area contributed by atoms with Crippen LogP contribution in [0.15, 0.2) is 23.6 Å². The summed E-state index contributed by atoms with van der Waals surface area (Å²) in [6.07, 6.45) is 0. The summed E-state index contributed by atoms with van der Waals surface area (Å²) in [5.41, 5.74) is 3.73. The second-order valence-corrected chi connectivity index (χ2v) is 4.42. The lowest BCUT2D eigenvalue weighted by Gasteiger charge is -2.06. The molecule has 16 heavy (non-hydrogen) atoms. The molecule has 1 aromatic heterocycles. The van der Waals surface area contributed by atoms with Crippen molar-refractivity contribution in [2.24, 2.45) is 0 Å². The average molecular weight is 229 g/mol. The second-order valence-electron chi connectivity index (χ2n) is 3.56. The molecule has 0 unspecified atom stereocenters. The van der Waals surface area contributed by atoms with E-state index in [-0.39, 0.29) is 0 Å². The number of benzene rings is 1. The third kappa shape index (κ3) is 2.20. The topological polar surface area (TPSA) is 48.7 Å². The highest BCUT2D eigenvalue weighted by Gasteiger charge is 2.02. The number of anilines is 2. The molecule has 1 aromatic carbocycles. The lowest BCUT2D eigenvalue weighted by atomic mass is 10.1. The summed E-state index contributed by atoms with van der Waals surface area (Å²) in [6.45, 7) is 3.94. The van der Waals surface area contributed by atoms with Crippen LogP contribution in [-0.4, -0.2) is 4.98 Å². The van der Waals surface area contributed by atoms with Gasteiger partial charge in [0.25, 0.3) is 0 Å². The summed E-state index contributed by atoms with van der Waals surface area (Å²) in [7, 11) is 0. The molecule has 0 atom stereocenters. The molecule has 2 rings (SSSR count). The van der Waals surface area contributed by atoms with Crippen LogP contribution < -0.4 is 5.32 Å². The fraction of sp³-hybridized carbons (Fsp3) is 0.167. The molecule has 0 aliphatic heterocycles. The minimum Gasteiger partial charge on any atom is -0.331 e. The van der Waals surface area contributed by atoms with Crippen LogP contribution in [0.4, 0.5) is 10.8 Å². The highest BCUT2D eigenvalue weighted by molar-refractivity contribution is 7.13. The summed E-state index contributed by atoms with van der Waals surface area (Å²) in [5.74, 6) is 0. The van der Waals surface area contributed by atoms with Gasteiger partial charge in [0.2, 0.25) is 0 Å². The molecule has 0 bridgehead atoms. The third-order valence-corrected chi connectivity index (χ3v) is 3.09. The van der Waals surface area contributed by atoms with Gasteiger partial charge >= 0.3 is 0 Å². The van der Waals surface area contributed by atoms with Gasteiger partial charge in [-0.2, -0.15) is 5.26 Å². The zero-order valence-electron chi connectivity index (χ0n) is 9.11. The number of thiazole rings is 1. The summed E-state index contributed by atoms with van der Waals surface area (Å²) >= 11 is 1.58. The van der Waals surface area contributed by atoms with Crippen molar-refractivity contribution in [1.29, 1.82) is 5.26 Å². The van der Waals surface area contributed by atoms with Crippen molar-refractivity contribution in [3.8, 4) is 6.07 Å². The van der Waals surface area contributed by atoms with Gasteiger partial charge in [0.15, 0.2) is 5.13 Å². The minimum absolute atomic E-state index is 0.679. The molecule has 80 valence electrons. The Morgan fingerprint density at radius 3 is 2.75 bits per heavy atom. The quantitative estimate of drug-likeness (QED) is 0.858. The number of hydrogen-bond donors (Lipinski definition) is 1. The molecule has 0 amide bonds. The maximum atomic E-state index is 8.77. The molecule has 1 N–H and O–H groups in total. The summed E-state index contributed by atoms with van der Waals surface area (Å²) < 4.78 is 0. The fourth-order valence-electron chi connectivity index (χ4n) is 1.40. The Hall–Kier alpha value is -1.86. The first-order valence-corrected chi connectivity index (χ1v) is 5.77. The number of nitrogens with zero attached hydrogens (tertiary/aromatic N) is 2. The highest BCUT2D eigenvalue weighted by atomic mass is 32.1.